The Bertz CT molecular complexity index is 1490. The van der Waals surface area contributed by atoms with Crippen LogP contribution in [-0.4, -0.2) is 22.2 Å². The highest BCUT2D eigenvalue weighted by molar-refractivity contribution is 6.32. The minimum Gasteiger partial charge on any atom is -0.339 e. The van der Waals surface area contributed by atoms with Gasteiger partial charge in [0.05, 0.1) is 12.6 Å². The Hall–Kier alpha value is -4.31. The summed E-state index contributed by atoms with van der Waals surface area (Å²) in [5.41, 5.74) is 3.99. The number of para-hydroxylation sites is 1. The highest BCUT2D eigenvalue weighted by atomic mass is 35.5. The first-order valence-corrected chi connectivity index (χ1v) is 12.1. The summed E-state index contributed by atoms with van der Waals surface area (Å²) in [4.78, 5) is 21.5. The number of rotatable bonds is 3. The molecule has 1 aliphatic heterocycles. The van der Waals surface area contributed by atoms with E-state index >= 15 is 0 Å². The third-order valence-corrected chi connectivity index (χ3v) is 6.16. The third-order valence-electron chi connectivity index (χ3n) is 5.88. The van der Waals surface area contributed by atoms with Gasteiger partial charge in [-0.15, -0.1) is 0 Å². The molecule has 38 heavy (non-hydrogen) atoms. The summed E-state index contributed by atoms with van der Waals surface area (Å²) < 4.78 is 38.9. The molecule has 0 atom stereocenters. The van der Waals surface area contributed by atoms with Gasteiger partial charge in [-0.2, -0.15) is 18.2 Å². The van der Waals surface area contributed by atoms with Crippen molar-refractivity contribution in [2.75, 3.05) is 21.3 Å². The molecule has 0 aliphatic carbocycles. The molecule has 4 aromatic rings. The fraction of sp³-hybridized carbons (Fsp3) is 0.148. The van der Waals surface area contributed by atoms with Crippen LogP contribution in [0.2, 0.25) is 5.02 Å². The van der Waals surface area contributed by atoms with Gasteiger partial charge in [0, 0.05) is 22.7 Å². The molecule has 0 saturated carbocycles. The normalized spacial score (nSPS) is 12.6. The lowest BCUT2D eigenvalue weighted by atomic mass is 10.0. The van der Waals surface area contributed by atoms with Crippen LogP contribution in [0.5, 0.6) is 0 Å². The Labute approximate surface area is 221 Å². The second-order valence-corrected chi connectivity index (χ2v) is 9.15. The van der Waals surface area contributed by atoms with Crippen LogP contribution in [0.1, 0.15) is 16.7 Å². The Kier molecular flexibility index (Phi) is 7.06. The molecule has 4 N–H and O–H groups in total. The maximum absolute atomic E-state index is 13.0. The number of anilines is 6. The Balaban J connectivity index is 1.42. The summed E-state index contributed by atoms with van der Waals surface area (Å²) in [5, 5.41) is 12.0. The molecule has 7 nitrogen and oxygen atoms in total. The summed E-state index contributed by atoms with van der Waals surface area (Å²) in [6, 6.07) is 18.4. The molecule has 194 valence electrons. The van der Waals surface area contributed by atoms with Crippen molar-refractivity contribution in [2.45, 2.75) is 25.4 Å². The number of halogens is 4. The highest BCUT2D eigenvalue weighted by Crippen LogP contribution is 2.30. The number of carbonyl (C=O) groups is 1. The van der Waals surface area contributed by atoms with E-state index in [1.165, 1.54) is 24.4 Å². The molecule has 2 heterocycles. The van der Waals surface area contributed by atoms with Crippen LogP contribution >= 0.6 is 11.6 Å². The molecule has 1 aliphatic rings. The summed E-state index contributed by atoms with van der Waals surface area (Å²) in [5.74, 6) is 0.791. The highest BCUT2D eigenvalue weighted by Gasteiger charge is 2.29. The second-order valence-electron chi connectivity index (χ2n) is 8.74. The monoisotopic (exact) mass is 538 g/mol. The molecule has 0 spiro atoms. The van der Waals surface area contributed by atoms with Crippen LogP contribution in [0.15, 0.2) is 72.9 Å². The SMILES string of the molecule is O=C(Nc1ccc2cc1CCc1cccc(c1)Nc1ncc(Cl)c(n1)N2)Nc1ccccc1CC(F)(F)F. The fourth-order valence-corrected chi connectivity index (χ4v) is 4.29. The quantitative estimate of drug-likeness (QED) is 0.217. The standard InChI is InChI=1S/C27H22ClF3N6O/c28-21-15-32-25-34-19-6-3-4-16(12-19)8-9-17-13-20(33-24(21)37-25)10-11-23(17)36-26(38)35-22-7-2-1-5-18(22)14-27(29,30)31/h1-7,10-13,15H,8-9,14H2,(H2,35,36,38)(H2,32,33,34,37). The van der Waals surface area contributed by atoms with E-state index in [2.05, 4.69) is 31.2 Å². The first kappa shape index (κ1) is 25.3. The lowest BCUT2D eigenvalue weighted by Crippen LogP contribution is -2.22. The van der Waals surface area contributed by atoms with E-state index in [1.807, 2.05) is 30.3 Å². The average molecular weight is 539 g/mol. The van der Waals surface area contributed by atoms with E-state index in [0.717, 1.165) is 16.8 Å². The molecular formula is C27H22ClF3N6O. The number of urea groups is 1. The van der Waals surface area contributed by atoms with Crippen LogP contribution in [0.4, 0.5) is 52.5 Å². The van der Waals surface area contributed by atoms with Crippen molar-refractivity contribution in [3.8, 4) is 0 Å². The number of hydrogen-bond donors (Lipinski definition) is 4. The number of aryl methyl sites for hydroxylation is 2. The smallest absolute Gasteiger partial charge is 0.339 e. The molecule has 0 fully saturated rings. The molecule has 0 saturated heterocycles. The van der Waals surface area contributed by atoms with Crippen molar-refractivity contribution in [3.05, 3.63) is 94.6 Å². The van der Waals surface area contributed by atoms with Crippen molar-refractivity contribution in [1.82, 2.24) is 9.97 Å². The molecular weight excluding hydrogens is 517 g/mol. The number of nitrogens with one attached hydrogen (secondary N) is 4. The lowest BCUT2D eigenvalue weighted by molar-refractivity contribution is -0.127. The van der Waals surface area contributed by atoms with Crippen LogP contribution in [0.3, 0.4) is 0 Å². The van der Waals surface area contributed by atoms with Crippen molar-refractivity contribution in [1.29, 1.82) is 0 Å². The van der Waals surface area contributed by atoms with Crippen molar-refractivity contribution < 1.29 is 18.0 Å². The summed E-state index contributed by atoms with van der Waals surface area (Å²) in [6.45, 7) is 0. The maximum atomic E-state index is 13.0. The maximum Gasteiger partial charge on any atom is 0.393 e. The number of carbonyl (C=O) groups excluding carboxylic acids is 1. The van der Waals surface area contributed by atoms with Gasteiger partial charge in [0.15, 0.2) is 5.82 Å². The zero-order valence-electron chi connectivity index (χ0n) is 19.9. The molecule has 11 heteroatoms. The van der Waals surface area contributed by atoms with Gasteiger partial charge in [-0.3, -0.25) is 0 Å². The van der Waals surface area contributed by atoms with Crippen LogP contribution in [0, 0.1) is 0 Å². The first-order valence-electron chi connectivity index (χ1n) is 11.7. The van der Waals surface area contributed by atoms with Gasteiger partial charge in [-0.25, -0.2) is 9.78 Å². The van der Waals surface area contributed by atoms with Gasteiger partial charge in [0.1, 0.15) is 5.02 Å². The zero-order chi connectivity index (χ0) is 26.7. The van der Waals surface area contributed by atoms with E-state index < -0.39 is 18.6 Å². The molecule has 3 aromatic carbocycles. The first-order chi connectivity index (χ1) is 18.2. The molecule has 0 radical (unpaired) electrons. The minimum atomic E-state index is -4.40. The predicted octanol–water partition coefficient (Wildman–Crippen LogP) is 7.46. The van der Waals surface area contributed by atoms with E-state index in [0.29, 0.717) is 41.0 Å². The van der Waals surface area contributed by atoms with Crippen LogP contribution in [-0.2, 0) is 19.3 Å². The average Bonchev–Trinajstić information content (AvgIpc) is 2.86. The number of alkyl halides is 3. The fourth-order valence-electron chi connectivity index (χ4n) is 4.15. The molecule has 0 unspecified atom stereocenters. The van der Waals surface area contributed by atoms with E-state index in [4.69, 9.17) is 11.6 Å². The van der Waals surface area contributed by atoms with Gasteiger partial charge in [-0.05, 0) is 65.9 Å². The summed E-state index contributed by atoms with van der Waals surface area (Å²) in [7, 11) is 0. The van der Waals surface area contributed by atoms with Crippen molar-refractivity contribution in [3.63, 3.8) is 0 Å². The molecule has 2 amide bonds. The van der Waals surface area contributed by atoms with E-state index in [9.17, 15) is 18.0 Å². The summed E-state index contributed by atoms with van der Waals surface area (Å²) in [6.07, 6.45) is -2.79. The summed E-state index contributed by atoms with van der Waals surface area (Å²) >= 11 is 6.31. The van der Waals surface area contributed by atoms with Gasteiger partial charge in [0.2, 0.25) is 5.95 Å². The molecule has 1 aromatic heterocycles. The number of aromatic nitrogens is 2. The number of fused-ring (bicyclic) bond motifs is 6. The number of hydrogen-bond acceptors (Lipinski definition) is 5. The minimum absolute atomic E-state index is 0.0185. The number of benzene rings is 3. The Morgan fingerprint density at radius 2 is 1.71 bits per heavy atom. The Morgan fingerprint density at radius 3 is 2.55 bits per heavy atom. The zero-order valence-corrected chi connectivity index (χ0v) is 20.6. The van der Waals surface area contributed by atoms with Crippen LogP contribution in [0.25, 0.3) is 0 Å². The second kappa shape index (κ2) is 10.6. The van der Waals surface area contributed by atoms with Crippen molar-refractivity contribution >= 4 is 52.1 Å². The topological polar surface area (TPSA) is 91.0 Å². The Morgan fingerprint density at radius 1 is 0.921 bits per heavy atom. The third kappa shape index (κ3) is 6.33. The number of nitrogens with zero attached hydrogens (tertiary/aromatic N) is 2. The lowest BCUT2D eigenvalue weighted by Gasteiger charge is -2.16. The van der Waals surface area contributed by atoms with E-state index in [1.54, 1.807) is 18.2 Å². The molecule has 5 rings (SSSR count). The van der Waals surface area contributed by atoms with E-state index in [-0.39, 0.29) is 11.3 Å². The largest absolute Gasteiger partial charge is 0.393 e. The van der Waals surface area contributed by atoms with Crippen molar-refractivity contribution in [2.24, 2.45) is 0 Å². The van der Waals surface area contributed by atoms with Gasteiger partial charge in [-0.1, -0.05) is 41.9 Å². The molecule has 6 bridgehead atoms. The van der Waals surface area contributed by atoms with Crippen LogP contribution < -0.4 is 21.3 Å². The number of amides is 2. The van der Waals surface area contributed by atoms with Gasteiger partial charge >= 0.3 is 12.2 Å². The van der Waals surface area contributed by atoms with Gasteiger partial charge < -0.3 is 21.3 Å². The predicted molar refractivity (Wildman–Crippen MR) is 143 cm³/mol. The van der Waals surface area contributed by atoms with Gasteiger partial charge in [0.25, 0.3) is 0 Å².